The SMILES string of the molecule is O=C(c1ccc(-n2nnc3cccnc32)cc1)N(c1nccc2ccccc12)[C@@H]1CCCNC1. The molecule has 8 heteroatoms. The molecule has 1 saturated heterocycles. The summed E-state index contributed by atoms with van der Waals surface area (Å²) in [5.74, 6) is 0.637. The highest BCUT2D eigenvalue weighted by Crippen LogP contribution is 2.29. The van der Waals surface area contributed by atoms with E-state index in [0.717, 1.165) is 47.9 Å². The van der Waals surface area contributed by atoms with Crippen LogP contribution in [0.3, 0.4) is 0 Å². The standard InChI is InChI=1S/C26H23N7O/c34-26(19-9-11-20(12-10-19)33-25-23(30-31-33)8-4-15-28-25)32(21-6-3-14-27-17-21)24-22-7-2-1-5-18(22)13-16-29-24/h1-2,4-5,7-13,15-16,21,27H,3,6,14,17H2/t21-/m1/s1. The van der Waals surface area contributed by atoms with Gasteiger partial charge in [-0.05, 0) is 67.2 Å². The number of pyridine rings is 2. The Kier molecular flexibility index (Phi) is 5.20. The van der Waals surface area contributed by atoms with Crippen molar-refractivity contribution in [1.29, 1.82) is 0 Å². The first-order chi connectivity index (χ1) is 16.8. The van der Waals surface area contributed by atoms with E-state index in [1.807, 2.05) is 71.6 Å². The molecule has 1 aliphatic heterocycles. The van der Waals surface area contributed by atoms with Gasteiger partial charge in [-0.1, -0.05) is 29.5 Å². The van der Waals surface area contributed by atoms with Crippen LogP contribution < -0.4 is 10.2 Å². The molecule has 34 heavy (non-hydrogen) atoms. The maximum Gasteiger partial charge on any atom is 0.259 e. The van der Waals surface area contributed by atoms with Gasteiger partial charge in [0.05, 0.1) is 11.7 Å². The zero-order chi connectivity index (χ0) is 22.9. The summed E-state index contributed by atoms with van der Waals surface area (Å²) in [5.41, 5.74) is 2.80. The number of nitrogens with one attached hydrogen (secondary N) is 1. The van der Waals surface area contributed by atoms with Gasteiger partial charge in [0, 0.05) is 29.9 Å². The van der Waals surface area contributed by atoms with Crippen molar-refractivity contribution in [1.82, 2.24) is 30.3 Å². The minimum absolute atomic E-state index is 0.0303. The van der Waals surface area contributed by atoms with Gasteiger partial charge >= 0.3 is 0 Å². The predicted octanol–water partition coefficient (Wildman–Crippen LogP) is 3.76. The van der Waals surface area contributed by atoms with Crippen molar-refractivity contribution in [3.8, 4) is 5.69 Å². The third-order valence-electron chi connectivity index (χ3n) is 6.30. The summed E-state index contributed by atoms with van der Waals surface area (Å²) in [7, 11) is 0. The number of carbonyl (C=O) groups excluding carboxylic acids is 1. The highest BCUT2D eigenvalue weighted by Gasteiger charge is 2.30. The molecule has 1 fully saturated rings. The fraction of sp³-hybridized carbons (Fsp3) is 0.192. The summed E-state index contributed by atoms with van der Waals surface area (Å²) in [6.07, 6.45) is 5.44. The van der Waals surface area contributed by atoms with E-state index < -0.39 is 0 Å². The number of anilines is 1. The topological polar surface area (TPSA) is 88.8 Å². The Bertz CT molecular complexity index is 1470. The zero-order valence-corrected chi connectivity index (χ0v) is 18.5. The van der Waals surface area contributed by atoms with Crippen molar-refractivity contribution < 1.29 is 4.79 Å². The maximum atomic E-state index is 13.9. The Morgan fingerprint density at radius 2 is 1.85 bits per heavy atom. The van der Waals surface area contributed by atoms with Crippen molar-refractivity contribution in [2.45, 2.75) is 18.9 Å². The zero-order valence-electron chi connectivity index (χ0n) is 18.5. The van der Waals surface area contributed by atoms with E-state index >= 15 is 0 Å². The second-order valence-electron chi connectivity index (χ2n) is 8.43. The van der Waals surface area contributed by atoms with Gasteiger partial charge in [0.2, 0.25) is 0 Å². The second-order valence-corrected chi connectivity index (χ2v) is 8.43. The Balaban J connectivity index is 1.39. The fourth-order valence-electron chi connectivity index (χ4n) is 4.61. The lowest BCUT2D eigenvalue weighted by molar-refractivity contribution is 0.0972. The van der Waals surface area contributed by atoms with Crippen molar-refractivity contribution in [2.24, 2.45) is 0 Å². The van der Waals surface area contributed by atoms with E-state index in [-0.39, 0.29) is 11.9 Å². The summed E-state index contributed by atoms with van der Waals surface area (Å²) in [5, 5.41) is 13.9. The Hall–Kier alpha value is -4.17. The molecule has 3 aromatic heterocycles. The summed E-state index contributed by atoms with van der Waals surface area (Å²) in [6, 6.07) is 21.2. The van der Waals surface area contributed by atoms with Crippen LogP contribution in [0.5, 0.6) is 0 Å². The molecule has 6 rings (SSSR count). The molecule has 0 spiro atoms. The first-order valence-electron chi connectivity index (χ1n) is 11.4. The number of amides is 1. The largest absolute Gasteiger partial charge is 0.315 e. The molecular formula is C26H23N7O. The molecule has 5 aromatic rings. The number of nitrogens with zero attached hydrogens (tertiary/aromatic N) is 6. The van der Waals surface area contributed by atoms with Gasteiger partial charge in [-0.3, -0.25) is 9.69 Å². The van der Waals surface area contributed by atoms with E-state index in [9.17, 15) is 4.79 Å². The highest BCUT2D eigenvalue weighted by atomic mass is 16.2. The molecular weight excluding hydrogens is 426 g/mol. The summed E-state index contributed by atoms with van der Waals surface area (Å²) in [6.45, 7) is 1.71. The molecule has 1 amide bonds. The fourth-order valence-corrected chi connectivity index (χ4v) is 4.61. The molecule has 1 atom stereocenters. The van der Waals surface area contributed by atoms with Crippen molar-refractivity contribution in [3.63, 3.8) is 0 Å². The molecule has 168 valence electrons. The van der Waals surface area contributed by atoms with Gasteiger partial charge in [-0.15, -0.1) is 5.10 Å². The number of rotatable bonds is 4. The molecule has 0 bridgehead atoms. The molecule has 8 nitrogen and oxygen atoms in total. The molecule has 4 heterocycles. The second kappa shape index (κ2) is 8.64. The smallest absolute Gasteiger partial charge is 0.259 e. The number of aromatic nitrogens is 5. The van der Waals surface area contributed by atoms with Crippen LogP contribution in [0.15, 0.2) is 79.1 Å². The molecule has 2 aromatic carbocycles. The normalized spacial score (nSPS) is 16.1. The minimum atomic E-state index is -0.0642. The van der Waals surface area contributed by atoms with E-state index in [0.29, 0.717) is 17.0 Å². The summed E-state index contributed by atoms with van der Waals surface area (Å²) < 4.78 is 1.68. The molecule has 0 radical (unpaired) electrons. The van der Waals surface area contributed by atoms with E-state index in [2.05, 4.69) is 25.6 Å². The lowest BCUT2D eigenvalue weighted by Gasteiger charge is -2.34. The lowest BCUT2D eigenvalue weighted by Crippen LogP contribution is -2.49. The number of piperidine rings is 1. The number of fused-ring (bicyclic) bond motifs is 2. The van der Waals surface area contributed by atoms with Gasteiger partial charge in [-0.2, -0.15) is 4.68 Å². The van der Waals surface area contributed by atoms with Crippen LogP contribution in [-0.4, -0.2) is 50.0 Å². The third kappa shape index (κ3) is 3.58. The van der Waals surface area contributed by atoms with Crippen LogP contribution in [-0.2, 0) is 0 Å². The molecule has 1 N–H and O–H groups in total. The van der Waals surface area contributed by atoms with Crippen molar-refractivity contribution >= 4 is 33.7 Å². The minimum Gasteiger partial charge on any atom is -0.315 e. The van der Waals surface area contributed by atoms with Crippen LogP contribution in [0.1, 0.15) is 23.2 Å². The number of hydrogen-bond acceptors (Lipinski definition) is 6. The molecule has 0 saturated carbocycles. The third-order valence-corrected chi connectivity index (χ3v) is 6.30. The Morgan fingerprint density at radius 1 is 0.971 bits per heavy atom. The first-order valence-corrected chi connectivity index (χ1v) is 11.4. The van der Waals surface area contributed by atoms with Gasteiger partial charge in [0.25, 0.3) is 5.91 Å². The van der Waals surface area contributed by atoms with Crippen LogP contribution in [0.2, 0.25) is 0 Å². The van der Waals surface area contributed by atoms with E-state index in [1.54, 1.807) is 17.1 Å². The first kappa shape index (κ1) is 20.4. The van der Waals surface area contributed by atoms with Crippen LogP contribution in [0.25, 0.3) is 27.6 Å². The van der Waals surface area contributed by atoms with Gasteiger partial charge < -0.3 is 5.32 Å². The van der Waals surface area contributed by atoms with Crippen LogP contribution >= 0.6 is 0 Å². The summed E-state index contributed by atoms with van der Waals surface area (Å²) >= 11 is 0. The maximum absolute atomic E-state index is 13.9. The number of hydrogen-bond donors (Lipinski definition) is 1. The average Bonchev–Trinajstić information content (AvgIpc) is 3.34. The Labute approximate surface area is 196 Å². The molecule has 0 aliphatic carbocycles. The quantitative estimate of drug-likeness (QED) is 0.449. The van der Waals surface area contributed by atoms with Crippen LogP contribution in [0.4, 0.5) is 5.82 Å². The van der Waals surface area contributed by atoms with Gasteiger partial charge in [0.1, 0.15) is 11.3 Å². The number of carbonyl (C=O) groups is 1. The highest BCUT2D eigenvalue weighted by molar-refractivity contribution is 6.10. The Morgan fingerprint density at radius 3 is 2.71 bits per heavy atom. The molecule has 0 unspecified atom stereocenters. The van der Waals surface area contributed by atoms with E-state index in [4.69, 9.17) is 0 Å². The van der Waals surface area contributed by atoms with Crippen molar-refractivity contribution in [3.05, 3.63) is 84.7 Å². The predicted molar refractivity (Wildman–Crippen MR) is 131 cm³/mol. The van der Waals surface area contributed by atoms with Crippen LogP contribution in [0, 0.1) is 0 Å². The van der Waals surface area contributed by atoms with Gasteiger partial charge in [0.15, 0.2) is 5.65 Å². The molecule has 1 aliphatic rings. The van der Waals surface area contributed by atoms with Gasteiger partial charge in [-0.25, -0.2) is 9.97 Å². The number of benzene rings is 2. The van der Waals surface area contributed by atoms with Crippen molar-refractivity contribution in [2.75, 3.05) is 18.0 Å². The van der Waals surface area contributed by atoms with E-state index in [1.165, 1.54) is 0 Å². The lowest BCUT2D eigenvalue weighted by atomic mass is 10.0. The average molecular weight is 450 g/mol. The monoisotopic (exact) mass is 449 g/mol. The summed E-state index contributed by atoms with van der Waals surface area (Å²) in [4.78, 5) is 24.8.